The van der Waals surface area contributed by atoms with E-state index in [1.165, 1.54) is 12.1 Å². The smallest absolute Gasteiger partial charge is 0.273 e. The van der Waals surface area contributed by atoms with Gasteiger partial charge in [-0.15, -0.1) is 0 Å². The Morgan fingerprint density at radius 2 is 2.06 bits per heavy atom. The minimum absolute atomic E-state index is 0.0617. The molecule has 1 aliphatic rings. The molecule has 3 rings (SSSR count). The first kappa shape index (κ1) is 26.1. The standard InChI is InChI=1S/C24H26F2N6O2S/c1-3-20(33)22(34)32-24(16-8-5-4-6-9-16,12-7-13-29-23(28-2)30-15-27)35-21(31-32)18-14-17(25)10-11-19(18)26/h4-6,8-11,14,20,33H,3,7,12-13H2,1-2H3,(H2,28,29,30)/t20-,24?/m1/s1. The van der Waals surface area contributed by atoms with Gasteiger partial charge in [-0.3, -0.25) is 15.1 Å². The van der Waals surface area contributed by atoms with E-state index in [0.717, 1.165) is 35.5 Å². The van der Waals surface area contributed by atoms with Gasteiger partial charge in [0.2, 0.25) is 5.96 Å². The van der Waals surface area contributed by atoms with Gasteiger partial charge in [-0.25, -0.2) is 13.8 Å². The fourth-order valence-corrected chi connectivity index (χ4v) is 5.08. The number of nitrogens with one attached hydrogen (secondary N) is 2. The van der Waals surface area contributed by atoms with Gasteiger partial charge >= 0.3 is 0 Å². The summed E-state index contributed by atoms with van der Waals surface area (Å²) in [5.74, 6) is -1.63. The summed E-state index contributed by atoms with van der Waals surface area (Å²) in [6.07, 6.45) is 1.50. The van der Waals surface area contributed by atoms with E-state index >= 15 is 0 Å². The Kier molecular flexibility index (Phi) is 8.78. The van der Waals surface area contributed by atoms with Crippen molar-refractivity contribution in [1.82, 2.24) is 15.6 Å². The number of hydrogen-bond donors (Lipinski definition) is 3. The number of aliphatic hydroxyl groups excluding tert-OH is 1. The number of nitrogens with zero attached hydrogens (tertiary/aromatic N) is 4. The Morgan fingerprint density at radius 1 is 1.31 bits per heavy atom. The van der Waals surface area contributed by atoms with Crippen LogP contribution in [0, 0.1) is 23.1 Å². The molecule has 0 saturated heterocycles. The average Bonchev–Trinajstić information content (AvgIpc) is 3.27. The minimum Gasteiger partial charge on any atom is -0.383 e. The fourth-order valence-electron chi connectivity index (χ4n) is 3.66. The molecule has 0 saturated carbocycles. The molecule has 0 bridgehead atoms. The molecule has 1 aliphatic heterocycles. The maximum atomic E-state index is 14.7. The first-order valence-electron chi connectivity index (χ1n) is 11.0. The molecule has 0 radical (unpaired) electrons. The Labute approximate surface area is 206 Å². The molecule has 2 aromatic carbocycles. The van der Waals surface area contributed by atoms with E-state index in [1.807, 2.05) is 30.3 Å². The van der Waals surface area contributed by atoms with E-state index in [0.29, 0.717) is 25.3 Å². The van der Waals surface area contributed by atoms with E-state index in [2.05, 4.69) is 20.7 Å². The lowest BCUT2D eigenvalue weighted by molar-refractivity contribution is -0.144. The van der Waals surface area contributed by atoms with Crippen LogP contribution in [0.3, 0.4) is 0 Å². The van der Waals surface area contributed by atoms with Crippen LogP contribution in [-0.4, -0.2) is 46.7 Å². The Bertz CT molecular complexity index is 1150. The second kappa shape index (κ2) is 11.8. The molecule has 2 aromatic rings. The summed E-state index contributed by atoms with van der Waals surface area (Å²) >= 11 is 1.14. The summed E-state index contributed by atoms with van der Waals surface area (Å²) in [7, 11) is 1.53. The minimum atomic E-state index is -1.31. The van der Waals surface area contributed by atoms with Crippen LogP contribution in [0.25, 0.3) is 0 Å². The van der Waals surface area contributed by atoms with Crippen LogP contribution in [0.15, 0.2) is 58.6 Å². The summed E-state index contributed by atoms with van der Waals surface area (Å²) in [4.78, 5) is 16.1. The molecule has 3 N–H and O–H groups in total. The number of carbonyl (C=O) groups is 1. The zero-order valence-electron chi connectivity index (χ0n) is 19.3. The van der Waals surface area contributed by atoms with Gasteiger partial charge in [0.05, 0.1) is 0 Å². The molecule has 1 amide bonds. The monoisotopic (exact) mass is 500 g/mol. The summed E-state index contributed by atoms with van der Waals surface area (Å²) in [5.41, 5.74) is 0.657. The SMILES string of the molecule is CC[C@@H](O)C(=O)N1N=C(c2cc(F)ccc2F)SC1(CCCNC(=NC)NC#N)c1ccccc1. The largest absolute Gasteiger partial charge is 0.383 e. The number of hydrazone groups is 1. The molecule has 11 heteroatoms. The van der Waals surface area contributed by atoms with Gasteiger partial charge in [-0.2, -0.15) is 10.4 Å². The summed E-state index contributed by atoms with van der Waals surface area (Å²) in [6.45, 7) is 2.07. The molecule has 35 heavy (non-hydrogen) atoms. The number of nitriles is 1. The van der Waals surface area contributed by atoms with Gasteiger partial charge in [0.15, 0.2) is 6.19 Å². The molecule has 1 unspecified atom stereocenters. The predicted octanol–water partition coefficient (Wildman–Crippen LogP) is 3.25. The molecule has 0 spiro atoms. The number of amides is 1. The van der Waals surface area contributed by atoms with E-state index in [1.54, 1.807) is 13.1 Å². The van der Waals surface area contributed by atoms with Gasteiger partial charge in [0, 0.05) is 19.2 Å². The Balaban J connectivity index is 2.01. The molecule has 184 valence electrons. The number of guanidine groups is 1. The topological polar surface area (TPSA) is 113 Å². The lowest BCUT2D eigenvalue weighted by Gasteiger charge is -2.36. The predicted molar refractivity (Wildman–Crippen MR) is 131 cm³/mol. The third-order valence-corrected chi connectivity index (χ3v) is 6.89. The number of halogens is 2. The summed E-state index contributed by atoms with van der Waals surface area (Å²) in [5, 5.41) is 30.4. The second-order valence-electron chi connectivity index (χ2n) is 7.70. The molecule has 0 fully saturated rings. The number of aliphatic hydroxyl groups is 1. The molecule has 0 aliphatic carbocycles. The third-order valence-electron chi connectivity index (χ3n) is 5.45. The van der Waals surface area contributed by atoms with Crippen molar-refractivity contribution in [2.45, 2.75) is 37.2 Å². The lowest BCUT2D eigenvalue weighted by atomic mass is 9.99. The maximum absolute atomic E-state index is 14.7. The quantitative estimate of drug-likeness (QED) is 0.169. The number of thioether (sulfide) groups is 1. The van der Waals surface area contributed by atoms with Crippen molar-refractivity contribution in [1.29, 1.82) is 5.26 Å². The fraction of sp³-hybridized carbons (Fsp3) is 0.333. The Hall–Kier alpha value is -3.49. The van der Waals surface area contributed by atoms with Crippen molar-refractivity contribution in [3.05, 3.63) is 71.3 Å². The van der Waals surface area contributed by atoms with E-state index in [9.17, 15) is 18.7 Å². The summed E-state index contributed by atoms with van der Waals surface area (Å²) in [6, 6.07) is 12.2. The highest BCUT2D eigenvalue weighted by atomic mass is 32.2. The zero-order valence-corrected chi connectivity index (χ0v) is 20.1. The van der Waals surface area contributed by atoms with Crippen LogP contribution < -0.4 is 10.6 Å². The van der Waals surface area contributed by atoms with Crippen LogP contribution in [-0.2, 0) is 9.67 Å². The average molecular weight is 501 g/mol. The van der Waals surface area contributed by atoms with Gasteiger partial charge < -0.3 is 10.4 Å². The van der Waals surface area contributed by atoms with Gasteiger partial charge in [-0.1, -0.05) is 49.0 Å². The highest BCUT2D eigenvalue weighted by molar-refractivity contribution is 8.15. The van der Waals surface area contributed by atoms with Crippen molar-refractivity contribution >= 4 is 28.7 Å². The van der Waals surface area contributed by atoms with Crippen LogP contribution >= 0.6 is 11.8 Å². The van der Waals surface area contributed by atoms with E-state index in [4.69, 9.17) is 5.26 Å². The van der Waals surface area contributed by atoms with Gasteiger partial charge in [0.25, 0.3) is 5.91 Å². The number of rotatable bonds is 8. The number of carbonyl (C=O) groups excluding carboxylic acids is 1. The van der Waals surface area contributed by atoms with Crippen LogP contribution in [0.5, 0.6) is 0 Å². The number of benzene rings is 2. The second-order valence-corrected chi connectivity index (χ2v) is 8.96. The first-order chi connectivity index (χ1) is 16.9. The molecule has 2 atom stereocenters. The molecular formula is C24H26F2N6O2S. The van der Waals surface area contributed by atoms with E-state index < -0.39 is 28.5 Å². The summed E-state index contributed by atoms with van der Waals surface area (Å²) < 4.78 is 28.6. The van der Waals surface area contributed by atoms with Crippen molar-refractivity contribution in [3.8, 4) is 6.19 Å². The third kappa shape index (κ3) is 5.78. The van der Waals surface area contributed by atoms with Crippen molar-refractivity contribution < 1.29 is 18.7 Å². The van der Waals surface area contributed by atoms with Crippen LogP contribution in [0.1, 0.15) is 37.3 Å². The van der Waals surface area contributed by atoms with E-state index in [-0.39, 0.29) is 17.0 Å². The highest BCUT2D eigenvalue weighted by Crippen LogP contribution is 2.50. The Morgan fingerprint density at radius 3 is 2.71 bits per heavy atom. The van der Waals surface area contributed by atoms with Crippen LogP contribution in [0.2, 0.25) is 0 Å². The number of hydrogen-bond acceptors (Lipinski definition) is 6. The molecule has 0 aromatic heterocycles. The molecule has 8 nitrogen and oxygen atoms in total. The normalized spacial score (nSPS) is 18.6. The first-order valence-corrected chi connectivity index (χ1v) is 11.8. The van der Waals surface area contributed by atoms with Gasteiger partial charge in [-0.05, 0) is 43.0 Å². The molecular weight excluding hydrogens is 474 g/mol. The van der Waals surface area contributed by atoms with Gasteiger partial charge in [0.1, 0.15) is 27.7 Å². The van der Waals surface area contributed by atoms with Crippen molar-refractivity contribution in [2.75, 3.05) is 13.6 Å². The zero-order chi connectivity index (χ0) is 25.4. The maximum Gasteiger partial charge on any atom is 0.273 e. The van der Waals surface area contributed by atoms with Crippen molar-refractivity contribution in [2.24, 2.45) is 10.1 Å². The lowest BCUT2D eigenvalue weighted by Crippen LogP contribution is -2.46. The highest BCUT2D eigenvalue weighted by Gasteiger charge is 2.49. The van der Waals surface area contributed by atoms with Crippen molar-refractivity contribution in [3.63, 3.8) is 0 Å². The molecule has 1 heterocycles. The van der Waals surface area contributed by atoms with Crippen LogP contribution in [0.4, 0.5) is 8.78 Å². The number of aliphatic imine (C=N–C) groups is 1.